The molecule has 5 heteroatoms. The number of benzene rings is 2. The van der Waals surface area contributed by atoms with Gasteiger partial charge in [0, 0.05) is 19.0 Å². The minimum Gasteiger partial charge on any atom is -0.494 e. The predicted molar refractivity (Wildman–Crippen MR) is 125 cm³/mol. The Labute approximate surface area is 186 Å². The summed E-state index contributed by atoms with van der Waals surface area (Å²) in [5.41, 5.74) is 3.36. The van der Waals surface area contributed by atoms with Gasteiger partial charge >= 0.3 is 0 Å². The normalized spacial score (nSPS) is 12.7. The zero-order valence-electron chi connectivity index (χ0n) is 19.5. The van der Waals surface area contributed by atoms with Crippen LogP contribution < -0.4 is 10.1 Å². The number of hydrogen-bond acceptors (Lipinski definition) is 3. The van der Waals surface area contributed by atoms with Crippen LogP contribution in [0.2, 0.25) is 0 Å². The lowest BCUT2D eigenvalue weighted by molar-refractivity contribution is -0.141. The van der Waals surface area contributed by atoms with Crippen LogP contribution in [0.4, 0.5) is 0 Å². The summed E-state index contributed by atoms with van der Waals surface area (Å²) < 4.78 is 5.75. The van der Waals surface area contributed by atoms with E-state index in [1.807, 2.05) is 76.2 Å². The summed E-state index contributed by atoms with van der Waals surface area (Å²) in [6.07, 6.45) is 1.77. The molecule has 0 aromatic heterocycles. The Morgan fingerprint density at radius 3 is 2.13 bits per heavy atom. The minimum absolute atomic E-state index is 0.0418. The molecule has 0 aliphatic heterocycles. The SMILES string of the molecule is CCC(C)NC(=O)C(C)N(Cc1ccc(C)cc1)C(=O)CCCOc1ccc(C)cc1. The highest BCUT2D eigenvalue weighted by Crippen LogP contribution is 2.15. The van der Waals surface area contributed by atoms with Gasteiger partial charge in [-0.25, -0.2) is 0 Å². The van der Waals surface area contributed by atoms with E-state index < -0.39 is 6.04 Å². The number of aryl methyl sites for hydroxylation is 2. The molecule has 31 heavy (non-hydrogen) atoms. The highest BCUT2D eigenvalue weighted by Gasteiger charge is 2.26. The smallest absolute Gasteiger partial charge is 0.242 e. The molecule has 0 heterocycles. The molecule has 0 aliphatic rings. The van der Waals surface area contributed by atoms with Gasteiger partial charge in [-0.2, -0.15) is 0 Å². The average Bonchev–Trinajstić information content (AvgIpc) is 2.76. The Hall–Kier alpha value is -2.82. The first-order chi connectivity index (χ1) is 14.8. The van der Waals surface area contributed by atoms with Crippen LogP contribution in [0.15, 0.2) is 48.5 Å². The number of carbonyl (C=O) groups is 2. The maximum Gasteiger partial charge on any atom is 0.242 e. The third-order valence-electron chi connectivity index (χ3n) is 5.47. The largest absolute Gasteiger partial charge is 0.494 e. The van der Waals surface area contributed by atoms with Crippen molar-refractivity contribution in [1.82, 2.24) is 10.2 Å². The minimum atomic E-state index is -0.541. The first-order valence-corrected chi connectivity index (χ1v) is 11.1. The fourth-order valence-corrected chi connectivity index (χ4v) is 3.13. The Bertz CT molecular complexity index is 831. The molecule has 5 nitrogen and oxygen atoms in total. The molecule has 2 aromatic carbocycles. The summed E-state index contributed by atoms with van der Waals surface area (Å²) in [6, 6.07) is 15.5. The van der Waals surface area contributed by atoms with E-state index in [0.717, 1.165) is 23.3 Å². The summed E-state index contributed by atoms with van der Waals surface area (Å²) in [7, 11) is 0. The summed E-state index contributed by atoms with van der Waals surface area (Å²) in [5.74, 6) is 0.640. The van der Waals surface area contributed by atoms with Crippen molar-refractivity contribution in [3.63, 3.8) is 0 Å². The Morgan fingerprint density at radius 1 is 0.968 bits per heavy atom. The lowest BCUT2D eigenvalue weighted by atomic mass is 10.1. The van der Waals surface area contributed by atoms with Gasteiger partial charge in [-0.05, 0) is 58.2 Å². The van der Waals surface area contributed by atoms with E-state index in [-0.39, 0.29) is 17.9 Å². The molecule has 0 saturated heterocycles. The summed E-state index contributed by atoms with van der Waals surface area (Å²) in [6.45, 7) is 10.7. The zero-order valence-corrected chi connectivity index (χ0v) is 19.5. The number of rotatable bonds is 11. The van der Waals surface area contributed by atoms with Gasteiger partial charge in [-0.15, -0.1) is 0 Å². The maximum absolute atomic E-state index is 13.1. The molecular weight excluding hydrogens is 388 g/mol. The van der Waals surface area contributed by atoms with Crippen LogP contribution >= 0.6 is 0 Å². The van der Waals surface area contributed by atoms with Crippen molar-refractivity contribution in [2.75, 3.05) is 6.61 Å². The summed E-state index contributed by atoms with van der Waals surface area (Å²) >= 11 is 0. The van der Waals surface area contributed by atoms with Crippen molar-refractivity contribution in [1.29, 1.82) is 0 Å². The Balaban J connectivity index is 1.99. The van der Waals surface area contributed by atoms with Crippen LogP contribution in [0.5, 0.6) is 5.75 Å². The maximum atomic E-state index is 13.1. The van der Waals surface area contributed by atoms with E-state index in [4.69, 9.17) is 4.74 Å². The van der Waals surface area contributed by atoms with Gasteiger partial charge in [0.15, 0.2) is 0 Å². The molecule has 2 amide bonds. The zero-order chi connectivity index (χ0) is 22.8. The number of nitrogens with zero attached hydrogens (tertiary/aromatic N) is 1. The van der Waals surface area contributed by atoms with Crippen molar-refractivity contribution < 1.29 is 14.3 Å². The third-order valence-corrected chi connectivity index (χ3v) is 5.47. The van der Waals surface area contributed by atoms with Crippen molar-refractivity contribution in [3.8, 4) is 5.75 Å². The molecule has 1 N–H and O–H groups in total. The molecule has 168 valence electrons. The van der Waals surface area contributed by atoms with Crippen molar-refractivity contribution >= 4 is 11.8 Å². The summed E-state index contributed by atoms with van der Waals surface area (Å²) in [4.78, 5) is 27.5. The van der Waals surface area contributed by atoms with Gasteiger partial charge < -0.3 is 15.0 Å². The number of ether oxygens (including phenoxy) is 1. The number of nitrogens with one attached hydrogen (secondary N) is 1. The number of carbonyl (C=O) groups excluding carboxylic acids is 2. The van der Waals surface area contributed by atoms with Gasteiger partial charge in [0.25, 0.3) is 0 Å². The molecule has 2 aromatic rings. The molecule has 2 unspecified atom stereocenters. The monoisotopic (exact) mass is 424 g/mol. The fraction of sp³-hybridized carbons (Fsp3) is 0.462. The molecule has 0 saturated carbocycles. The first-order valence-electron chi connectivity index (χ1n) is 11.1. The van der Waals surface area contributed by atoms with Crippen molar-refractivity contribution in [2.45, 2.75) is 72.5 Å². The molecule has 0 radical (unpaired) electrons. The third kappa shape index (κ3) is 8.08. The predicted octanol–water partition coefficient (Wildman–Crippen LogP) is 4.79. The lowest BCUT2D eigenvalue weighted by Gasteiger charge is -2.30. The quantitative estimate of drug-likeness (QED) is 0.528. The van der Waals surface area contributed by atoms with Crippen LogP contribution in [0.25, 0.3) is 0 Å². The highest BCUT2D eigenvalue weighted by molar-refractivity contribution is 5.87. The van der Waals surface area contributed by atoms with E-state index in [9.17, 15) is 9.59 Å². The standard InChI is InChI=1S/C26H36N2O3/c1-6-21(4)27-26(30)22(5)28(18-23-13-9-19(2)10-14-23)25(29)8-7-17-31-24-15-11-20(3)12-16-24/h9-16,21-22H,6-8,17-18H2,1-5H3,(H,27,30). The van der Waals surface area contributed by atoms with Crippen LogP contribution in [0.1, 0.15) is 56.7 Å². The van der Waals surface area contributed by atoms with Crippen LogP contribution in [-0.2, 0) is 16.1 Å². The molecule has 0 aliphatic carbocycles. The first kappa shape index (κ1) is 24.4. The second-order valence-corrected chi connectivity index (χ2v) is 8.27. The molecule has 2 rings (SSSR count). The lowest BCUT2D eigenvalue weighted by Crippen LogP contribution is -2.49. The molecule has 2 atom stereocenters. The number of amides is 2. The van der Waals surface area contributed by atoms with E-state index in [1.165, 1.54) is 5.56 Å². The van der Waals surface area contributed by atoms with E-state index >= 15 is 0 Å². The van der Waals surface area contributed by atoms with Crippen molar-refractivity contribution in [2.24, 2.45) is 0 Å². The van der Waals surface area contributed by atoms with Crippen LogP contribution in [-0.4, -0.2) is 35.4 Å². The second kappa shape index (κ2) is 12.1. The van der Waals surface area contributed by atoms with E-state index in [1.54, 1.807) is 11.8 Å². The molecular formula is C26H36N2O3. The van der Waals surface area contributed by atoms with Gasteiger partial charge in [0.05, 0.1) is 6.61 Å². The second-order valence-electron chi connectivity index (χ2n) is 8.27. The topological polar surface area (TPSA) is 58.6 Å². The van der Waals surface area contributed by atoms with Gasteiger partial charge in [-0.3, -0.25) is 9.59 Å². The Kier molecular flexibility index (Phi) is 9.57. The van der Waals surface area contributed by atoms with Crippen LogP contribution in [0, 0.1) is 13.8 Å². The fourth-order valence-electron chi connectivity index (χ4n) is 3.13. The molecule has 0 fully saturated rings. The summed E-state index contributed by atoms with van der Waals surface area (Å²) in [5, 5.41) is 3.00. The van der Waals surface area contributed by atoms with Gasteiger partial charge in [-0.1, -0.05) is 54.4 Å². The van der Waals surface area contributed by atoms with E-state index in [2.05, 4.69) is 5.32 Å². The average molecular weight is 425 g/mol. The van der Waals surface area contributed by atoms with Gasteiger partial charge in [0.1, 0.15) is 11.8 Å². The van der Waals surface area contributed by atoms with Gasteiger partial charge in [0.2, 0.25) is 11.8 Å². The molecule has 0 spiro atoms. The molecule has 0 bridgehead atoms. The Morgan fingerprint density at radius 2 is 1.55 bits per heavy atom. The van der Waals surface area contributed by atoms with Crippen LogP contribution in [0.3, 0.4) is 0 Å². The van der Waals surface area contributed by atoms with E-state index in [0.29, 0.717) is 26.0 Å². The number of hydrogen-bond donors (Lipinski definition) is 1. The highest BCUT2D eigenvalue weighted by atomic mass is 16.5. The van der Waals surface area contributed by atoms with Crippen molar-refractivity contribution in [3.05, 3.63) is 65.2 Å².